The number of hydrogen-bond acceptors (Lipinski definition) is 5. The molecule has 0 amide bonds. The molecule has 1 aliphatic heterocycles. The lowest BCUT2D eigenvalue weighted by Gasteiger charge is -2.28. The van der Waals surface area contributed by atoms with Crippen LogP contribution in [0.1, 0.15) is 22.5 Å². The highest BCUT2D eigenvalue weighted by molar-refractivity contribution is 7.13. The second kappa shape index (κ2) is 6.18. The Morgan fingerprint density at radius 2 is 2.17 bits per heavy atom. The molecule has 0 radical (unpaired) electrons. The fourth-order valence-corrected chi connectivity index (χ4v) is 3.62. The molecule has 3 aromatic heterocycles. The zero-order valence-corrected chi connectivity index (χ0v) is 13.9. The molecule has 4 rings (SSSR count). The van der Waals surface area contributed by atoms with Crippen molar-refractivity contribution < 1.29 is 0 Å². The molecule has 0 saturated carbocycles. The van der Waals surface area contributed by atoms with Crippen molar-refractivity contribution in [1.29, 1.82) is 0 Å². The van der Waals surface area contributed by atoms with Gasteiger partial charge in [-0.05, 0) is 30.0 Å². The third kappa shape index (κ3) is 3.02. The van der Waals surface area contributed by atoms with Gasteiger partial charge < -0.3 is 0 Å². The van der Waals surface area contributed by atoms with Crippen molar-refractivity contribution in [1.82, 2.24) is 19.9 Å². The van der Waals surface area contributed by atoms with E-state index < -0.39 is 0 Å². The minimum Gasteiger partial charge on any atom is -0.294 e. The van der Waals surface area contributed by atoms with E-state index in [1.54, 1.807) is 11.3 Å². The minimum atomic E-state index is 0.857. The van der Waals surface area contributed by atoms with Gasteiger partial charge in [-0.25, -0.2) is 9.97 Å². The Balaban J connectivity index is 1.53. The van der Waals surface area contributed by atoms with Gasteiger partial charge in [-0.1, -0.05) is 12.1 Å². The summed E-state index contributed by atoms with van der Waals surface area (Å²) in [5.41, 5.74) is 4.86. The summed E-state index contributed by atoms with van der Waals surface area (Å²) in [6.07, 6.45) is 4.83. The summed E-state index contributed by atoms with van der Waals surface area (Å²) in [5, 5.41) is 2.07. The summed E-state index contributed by atoms with van der Waals surface area (Å²) in [7, 11) is 0. The molecule has 0 fully saturated rings. The normalized spacial score (nSPS) is 14.7. The van der Waals surface area contributed by atoms with E-state index in [0.717, 1.165) is 42.5 Å². The Hall–Kier alpha value is -2.11. The number of aryl methyl sites for hydroxylation is 1. The van der Waals surface area contributed by atoms with Gasteiger partial charge in [0.15, 0.2) is 5.82 Å². The van der Waals surface area contributed by atoms with Crippen LogP contribution in [0.4, 0.5) is 0 Å². The maximum atomic E-state index is 4.78. The Labute approximate surface area is 139 Å². The molecule has 4 nitrogen and oxygen atoms in total. The van der Waals surface area contributed by atoms with Gasteiger partial charge in [0, 0.05) is 49.7 Å². The second-order valence-electron chi connectivity index (χ2n) is 5.85. The molecule has 4 heterocycles. The Morgan fingerprint density at radius 3 is 3.00 bits per heavy atom. The first-order valence-corrected chi connectivity index (χ1v) is 8.69. The van der Waals surface area contributed by atoms with Crippen LogP contribution in [0, 0.1) is 6.92 Å². The zero-order valence-electron chi connectivity index (χ0n) is 13.1. The van der Waals surface area contributed by atoms with Gasteiger partial charge in [0.25, 0.3) is 0 Å². The molecule has 0 saturated heterocycles. The lowest BCUT2D eigenvalue weighted by molar-refractivity contribution is 0.242. The molecule has 0 atom stereocenters. The highest BCUT2D eigenvalue weighted by Crippen LogP contribution is 2.24. The Bertz CT molecular complexity index is 814. The predicted octanol–water partition coefficient (Wildman–Crippen LogP) is 3.47. The summed E-state index contributed by atoms with van der Waals surface area (Å²) in [6.45, 7) is 4.95. The van der Waals surface area contributed by atoms with E-state index in [0.29, 0.717) is 0 Å². The van der Waals surface area contributed by atoms with E-state index in [9.17, 15) is 0 Å². The fourth-order valence-electron chi connectivity index (χ4n) is 2.96. The Morgan fingerprint density at radius 1 is 1.22 bits per heavy atom. The summed E-state index contributed by atoms with van der Waals surface area (Å²) in [6, 6.07) is 8.29. The standard InChI is InChI=1S/C18H18N4S/c1-13-14(4-2-7-19-13)11-22-8-6-16-15(12-22)10-20-18(21-16)17-5-3-9-23-17/h2-5,7,9-10H,6,8,11-12H2,1H3. The van der Waals surface area contributed by atoms with Crippen molar-refractivity contribution in [3.8, 4) is 10.7 Å². The third-order valence-corrected chi connectivity index (χ3v) is 5.13. The van der Waals surface area contributed by atoms with Crippen LogP contribution in [0.3, 0.4) is 0 Å². The monoisotopic (exact) mass is 322 g/mol. The van der Waals surface area contributed by atoms with E-state index in [1.807, 2.05) is 24.5 Å². The van der Waals surface area contributed by atoms with Crippen LogP contribution in [0.2, 0.25) is 0 Å². The molecule has 0 aliphatic carbocycles. The van der Waals surface area contributed by atoms with E-state index in [4.69, 9.17) is 4.98 Å². The molecule has 1 aliphatic rings. The summed E-state index contributed by atoms with van der Waals surface area (Å²) in [4.78, 5) is 17.3. The quantitative estimate of drug-likeness (QED) is 0.740. The highest BCUT2D eigenvalue weighted by Gasteiger charge is 2.19. The average Bonchev–Trinajstić information content (AvgIpc) is 3.11. The van der Waals surface area contributed by atoms with Crippen LogP contribution in [0.5, 0.6) is 0 Å². The number of thiophene rings is 1. The lowest BCUT2D eigenvalue weighted by atomic mass is 10.1. The van der Waals surface area contributed by atoms with Crippen LogP contribution in [-0.4, -0.2) is 26.4 Å². The van der Waals surface area contributed by atoms with Gasteiger partial charge in [-0.2, -0.15) is 0 Å². The molecule has 0 unspecified atom stereocenters. The number of rotatable bonds is 3. The molecular weight excluding hydrogens is 304 g/mol. The van der Waals surface area contributed by atoms with Gasteiger partial charge >= 0.3 is 0 Å². The van der Waals surface area contributed by atoms with Crippen molar-refractivity contribution in [2.24, 2.45) is 0 Å². The van der Waals surface area contributed by atoms with Gasteiger partial charge in [-0.3, -0.25) is 9.88 Å². The fraction of sp³-hybridized carbons (Fsp3) is 0.278. The first kappa shape index (κ1) is 14.5. The number of nitrogens with zero attached hydrogens (tertiary/aromatic N) is 4. The topological polar surface area (TPSA) is 41.9 Å². The SMILES string of the molecule is Cc1ncccc1CN1CCc2nc(-c3cccs3)ncc2C1. The molecule has 116 valence electrons. The maximum Gasteiger partial charge on any atom is 0.169 e. The van der Waals surface area contributed by atoms with Gasteiger partial charge in [0.05, 0.1) is 10.6 Å². The third-order valence-electron chi connectivity index (χ3n) is 4.26. The predicted molar refractivity (Wildman–Crippen MR) is 92.1 cm³/mol. The second-order valence-corrected chi connectivity index (χ2v) is 6.80. The van der Waals surface area contributed by atoms with E-state index in [-0.39, 0.29) is 0 Å². The van der Waals surface area contributed by atoms with Gasteiger partial charge in [0.2, 0.25) is 0 Å². The van der Waals surface area contributed by atoms with E-state index >= 15 is 0 Å². The molecule has 0 spiro atoms. The van der Waals surface area contributed by atoms with Crippen molar-refractivity contribution in [3.63, 3.8) is 0 Å². The minimum absolute atomic E-state index is 0.857. The molecule has 5 heteroatoms. The molecule has 0 aromatic carbocycles. The van der Waals surface area contributed by atoms with Crippen molar-refractivity contribution >= 4 is 11.3 Å². The van der Waals surface area contributed by atoms with Crippen LogP contribution >= 0.6 is 11.3 Å². The van der Waals surface area contributed by atoms with Crippen molar-refractivity contribution in [2.45, 2.75) is 26.4 Å². The molecule has 3 aromatic rings. The number of aromatic nitrogens is 3. The summed E-state index contributed by atoms with van der Waals surface area (Å²) >= 11 is 1.69. The maximum absolute atomic E-state index is 4.78. The number of hydrogen-bond donors (Lipinski definition) is 0. The summed E-state index contributed by atoms with van der Waals surface area (Å²) < 4.78 is 0. The van der Waals surface area contributed by atoms with Crippen LogP contribution < -0.4 is 0 Å². The smallest absolute Gasteiger partial charge is 0.169 e. The highest BCUT2D eigenvalue weighted by atomic mass is 32.1. The number of fused-ring (bicyclic) bond motifs is 1. The Kier molecular flexibility index (Phi) is 3.89. The van der Waals surface area contributed by atoms with Crippen LogP contribution in [0.25, 0.3) is 10.7 Å². The van der Waals surface area contributed by atoms with E-state index in [2.05, 4.69) is 39.3 Å². The molecule has 0 N–H and O–H groups in total. The molecule has 0 bridgehead atoms. The zero-order chi connectivity index (χ0) is 15.6. The summed E-state index contributed by atoms with van der Waals surface area (Å²) in [5.74, 6) is 0.857. The van der Waals surface area contributed by atoms with Crippen molar-refractivity contribution in [3.05, 3.63) is 64.6 Å². The van der Waals surface area contributed by atoms with Crippen LogP contribution in [0.15, 0.2) is 42.0 Å². The van der Waals surface area contributed by atoms with Gasteiger partial charge in [-0.15, -0.1) is 11.3 Å². The van der Waals surface area contributed by atoms with Crippen LogP contribution in [-0.2, 0) is 19.5 Å². The molecule has 23 heavy (non-hydrogen) atoms. The van der Waals surface area contributed by atoms with Crippen molar-refractivity contribution in [2.75, 3.05) is 6.54 Å². The first-order chi connectivity index (χ1) is 11.3. The van der Waals surface area contributed by atoms with E-state index in [1.165, 1.54) is 16.8 Å². The first-order valence-electron chi connectivity index (χ1n) is 7.81. The average molecular weight is 322 g/mol. The van der Waals surface area contributed by atoms with Gasteiger partial charge in [0.1, 0.15) is 0 Å². The lowest BCUT2D eigenvalue weighted by Crippen LogP contribution is -2.31. The number of pyridine rings is 1. The molecular formula is C18H18N4S. The largest absolute Gasteiger partial charge is 0.294 e.